The zero-order valence-electron chi connectivity index (χ0n) is 10.1. The lowest BCUT2D eigenvalue weighted by molar-refractivity contribution is -0.144. The maximum atomic E-state index is 11.7. The van der Waals surface area contributed by atoms with Crippen molar-refractivity contribution < 1.29 is 9.53 Å². The third-order valence-electron chi connectivity index (χ3n) is 3.40. The molecule has 0 unspecified atom stereocenters. The van der Waals surface area contributed by atoms with Gasteiger partial charge in [-0.2, -0.15) is 0 Å². The second-order valence-corrected chi connectivity index (χ2v) is 5.15. The van der Waals surface area contributed by atoms with Gasteiger partial charge in [-0.3, -0.25) is 4.79 Å². The Morgan fingerprint density at radius 1 is 1.44 bits per heavy atom. The topological polar surface area (TPSA) is 26.3 Å². The molecule has 0 saturated heterocycles. The fourth-order valence-corrected chi connectivity index (χ4v) is 2.42. The minimum Gasteiger partial charge on any atom is -0.359 e. The van der Waals surface area contributed by atoms with Crippen LogP contribution in [0.25, 0.3) is 0 Å². The molecule has 0 bridgehead atoms. The van der Waals surface area contributed by atoms with Crippen molar-refractivity contribution in [3.05, 3.63) is 24.3 Å². The minimum absolute atomic E-state index is 0.119. The van der Waals surface area contributed by atoms with E-state index >= 15 is 0 Å². The van der Waals surface area contributed by atoms with E-state index < -0.39 is 0 Å². The van der Waals surface area contributed by atoms with Crippen molar-refractivity contribution in [2.24, 2.45) is 5.92 Å². The molecule has 2 nitrogen and oxygen atoms in total. The van der Waals surface area contributed by atoms with Crippen LogP contribution in [0, 0.1) is 5.92 Å². The quantitative estimate of drug-likeness (QED) is 0.635. The largest absolute Gasteiger partial charge is 0.359 e. The second kappa shape index (κ2) is 4.54. The first-order valence-corrected chi connectivity index (χ1v) is 6.19. The molecule has 1 heterocycles. The van der Waals surface area contributed by atoms with Gasteiger partial charge in [-0.1, -0.05) is 26.0 Å². The molecule has 16 heavy (non-hydrogen) atoms. The minimum atomic E-state index is -0.253. The molecule has 2 atom stereocenters. The Morgan fingerprint density at radius 3 is 3.00 bits per heavy atom. The molecular weight excluding hydrogens is 200 g/mol. The van der Waals surface area contributed by atoms with Crippen molar-refractivity contribution in [1.29, 1.82) is 0 Å². The number of hydrogen-bond donors (Lipinski definition) is 0. The standard InChI is InChI=1S/C14H20O2/c1-11(2)13-12(15)7-10-14(16-13)8-5-3-4-6-9-14/h3,5,7,10-11,13H,4,6,8-9H2,1-2H3/t13-,14+/m1/s1. The Bertz CT molecular complexity index is 328. The Labute approximate surface area is 97.4 Å². The summed E-state index contributed by atoms with van der Waals surface area (Å²) < 4.78 is 6.08. The zero-order valence-corrected chi connectivity index (χ0v) is 10.1. The highest BCUT2D eigenvalue weighted by molar-refractivity contribution is 5.94. The normalized spacial score (nSPS) is 34.7. The van der Waals surface area contributed by atoms with Crippen LogP contribution in [-0.4, -0.2) is 17.5 Å². The summed E-state index contributed by atoms with van der Waals surface area (Å²) in [4.78, 5) is 11.7. The van der Waals surface area contributed by atoms with Crippen LogP contribution in [0.1, 0.15) is 39.5 Å². The number of ketones is 1. The van der Waals surface area contributed by atoms with Crippen molar-refractivity contribution in [1.82, 2.24) is 0 Å². The van der Waals surface area contributed by atoms with Gasteiger partial charge in [0.1, 0.15) is 6.10 Å². The molecule has 1 aliphatic carbocycles. The van der Waals surface area contributed by atoms with Gasteiger partial charge in [0.05, 0.1) is 5.60 Å². The van der Waals surface area contributed by atoms with Gasteiger partial charge in [0, 0.05) is 0 Å². The van der Waals surface area contributed by atoms with E-state index in [-0.39, 0.29) is 23.4 Å². The predicted octanol–water partition coefficient (Wildman–Crippen LogP) is 3.04. The van der Waals surface area contributed by atoms with Crippen LogP contribution in [0.3, 0.4) is 0 Å². The van der Waals surface area contributed by atoms with Crippen molar-refractivity contribution in [2.75, 3.05) is 0 Å². The highest BCUT2D eigenvalue weighted by Crippen LogP contribution is 2.34. The molecule has 88 valence electrons. The predicted molar refractivity (Wildman–Crippen MR) is 64.2 cm³/mol. The van der Waals surface area contributed by atoms with E-state index in [4.69, 9.17) is 4.74 Å². The lowest BCUT2D eigenvalue weighted by Gasteiger charge is -2.37. The molecule has 0 N–H and O–H groups in total. The average molecular weight is 220 g/mol. The van der Waals surface area contributed by atoms with Crippen molar-refractivity contribution in [3.8, 4) is 0 Å². The van der Waals surface area contributed by atoms with Crippen molar-refractivity contribution >= 4 is 5.78 Å². The molecule has 2 heteroatoms. The number of carbonyl (C=O) groups excluding carboxylic acids is 1. The van der Waals surface area contributed by atoms with Crippen molar-refractivity contribution in [2.45, 2.75) is 51.2 Å². The van der Waals surface area contributed by atoms with Gasteiger partial charge in [0.15, 0.2) is 5.78 Å². The van der Waals surface area contributed by atoms with Gasteiger partial charge in [-0.15, -0.1) is 0 Å². The number of carbonyl (C=O) groups is 1. The number of hydrogen-bond acceptors (Lipinski definition) is 2. The molecule has 2 aliphatic rings. The van der Waals surface area contributed by atoms with Gasteiger partial charge in [0.2, 0.25) is 0 Å². The first-order chi connectivity index (χ1) is 7.63. The molecule has 1 aliphatic heterocycles. The number of rotatable bonds is 1. The highest BCUT2D eigenvalue weighted by Gasteiger charge is 2.37. The Hall–Kier alpha value is -0.890. The van der Waals surface area contributed by atoms with E-state index in [1.165, 1.54) is 0 Å². The Balaban J connectivity index is 2.20. The number of allylic oxidation sites excluding steroid dienone is 1. The second-order valence-electron chi connectivity index (χ2n) is 5.15. The van der Waals surface area contributed by atoms with Gasteiger partial charge < -0.3 is 4.74 Å². The Morgan fingerprint density at radius 2 is 2.25 bits per heavy atom. The fourth-order valence-electron chi connectivity index (χ4n) is 2.42. The highest BCUT2D eigenvalue weighted by atomic mass is 16.5. The monoisotopic (exact) mass is 220 g/mol. The van der Waals surface area contributed by atoms with E-state index in [2.05, 4.69) is 12.2 Å². The van der Waals surface area contributed by atoms with E-state index in [1.54, 1.807) is 6.08 Å². The smallest absolute Gasteiger partial charge is 0.184 e. The lowest BCUT2D eigenvalue weighted by atomic mass is 9.88. The van der Waals surface area contributed by atoms with Gasteiger partial charge in [-0.05, 0) is 43.8 Å². The van der Waals surface area contributed by atoms with Crippen molar-refractivity contribution in [3.63, 3.8) is 0 Å². The van der Waals surface area contributed by atoms with Crippen LogP contribution in [0.5, 0.6) is 0 Å². The Kier molecular flexibility index (Phi) is 3.29. The van der Waals surface area contributed by atoms with Crippen LogP contribution in [0.15, 0.2) is 24.3 Å². The van der Waals surface area contributed by atoms with Gasteiger partial charge >= 0.3 is 0 Å². The van der Waals surface area contributed by atoms with E-state index in [1.807, 2.05) is 19.9 Å². The molecule has 0 amide bonds. The third-order valence-corrected chi connectivity index (χ3v) is 3.40. The summed E-state index contributed by atoms with van der Waals surface area (Å²) in [5.41, 5.74) is -0.212. The molecule has 0 radical (unpaired) electrons. The van der Waals surface area contributed by atoms with Gasteiger partial charge in [-0.25, -0.2) is 0 Å². The molecule has 0 fully saturated rings. The van der Waals surface area contributed by atoms with Crippen LogP contribution in [0.4, 0.5) is 0 Å². The summed E-state index contributed by atoms with van der Waals surface area (Å²) in [7, 11) is 0. The maximum Gasteiger partial charge on any atom is 0.184 e. The lowest BCUT2D eigenvalue weighted by Crippen LogP contribution is -2.43. The van der Waals surface area contributed by atoms with Crippen LogP contribution in [-0.2, 0) is 9.53 Å². The van der Waals surface area contributed by atoms with E-state index in [9.17, 15) is 4.79 Å². The molecular formula is C14H20O2. The summed E-state index contributed by atoms with van der Waals surface area (Å²) in [6.45, 7) is 4.09. The fraction of sp³-hybridized carbons (Fsp3) is 0.643. The van der Waals surface area contributed by atoms with Crippen LogP contribution < -0.4 is 0 Å². The number of ether oxygens (including phenoxy) is 1. The summed E-state index contributed by atoms with van der Waals surface area (Å²) in [6.07, 6.45) is 12.0. The van der Waals surface area contributed by atoms with Gasteiger partial charge in [0.25, 0.3) is 0 Å². The summed E-state index contributed by atoms with van der Waals surface area (Å²) in [5, 5.41) is 0. The first kappa shape index (κ1) is 11.6. The van der Waals surface area contributed by atoms with Crippen LogP contribution in [0.2, 0.25) is 0 Å². The average Bonchev–Trinajstić information content (AvgIpc) is 2.48. The summed E-state index contributed by atoms with van der Waals surface area (Å²) in [6, 6.07) is 0. The van der Waals surface area contributed by atoms with E-state index in [0.29, 0.717) is 0 Å². The summed E-state index contributed by atoms with van der Waals surface area (Å²) >= 11 is 0. The summed E-state index contributed by atoms with van der Waals surface area (Å²) in [5.74, 6) is 0.371. The molecule has 0 saturated carbocycles. The zero-order chi connectivity index (χ0) is 11.6. The molecule has 0 aromatic rings. The maximum absolute atomic E-state index is 11.7. The SMILES string of the molecule is CC(C)[C@H]1O[C@@]2(C=CC1=O)CC=CCCC2. The molecule has 0 aromatic carbocycles. The first-order valence-electron chi connectivity index (χ1n) is 6.19. The molecule has 2 rings (SSSR count). The molecule has 0 aromatic heterocycles. The van der Waals surface area contributed by atoms with Crippen LogP contribution >= 0.6 is 0 Å². The molecule has 1 spiro atoms. The third kappa shape index (κ3) is 2.27. The van der Waals surface area contributed by atoms with E-state index in [0.717, 1.165) is 25.7 Å².